The van der Waals surface area contributed by atoms with Gasteiger partial charge in [0.15, 0.2) is 18.7 Å². The zero-order valence-corrected chi connectivity index (χ0v) is 38.7. The first kappa shape index (κ1) is 53.3. The van der Waals surface area contributed by atoms with Gasteiger partial charge < -0.3 is 52.5 Å². The molecule has 0 bridgehead atoms. The molecule has 3 aromatic rings. The molecule has 2 heterocycles. The quantitative estimate of drug-likeness (QED) is 0.0369. The number of aliphatic hydroxyl groups is 1. The Morgan fingerprint density at radius 3 is 1.48 bits per heavy atom. The van der Waals surface area contributed by atoms with Gasteiger partial charge in [0.25, 0.3) is 0 Å². The highest BCUT2D eigenvalue weighted by Crippen LogP contribution is 2.39. The highest BCUT2D eigenvalue weighted by molar-refractivity contribution is 5.67. The van der Waals surface area contributed by atoms with E-state index in [1.54, 1.807) is 0 Å². The van der Waals surface area contributed by atoms with Gasteiger partial charge in [-0.3, -0.25) is 14.4 Å². The van der Waals surface area contributed by atoms with Crippen LogP contribution in [-0.4, -0.2) is 128 Å². The Hall–Kier alpha value is -7.01. The Bertz CT molecular complexity index is 2430. The summed E-state index contributed by atoms with van der Waals surface area (Å²) in [6.07, 6.45) is -17.9. The third kappa shape index (κ3) is 14.8. The van der Waals surface area contributed by atoms with E-state index in [1.807, 2.05) is 91.0 Å². The summed E-state index contributed by atoms with van der Waals surface area (Å²) in [6, 6.07) is 23.4. The number of hydrogen-bond acceptors (Lipinski definition) is 18. The molecule has 15 atom stereocenters. The minimum atomic E-state index is -1.93. The molecule has 376 valence electrons. The van der Waals surface area contributed by atoms with Gasteiger partial charge in [0.2, 0.25) is 0 Å². The largest absolute Gasteiger partial charge is 0.463 e. The summed E-state index contributed by atoms with van der Waals surface area (Å²) in [7, 11) is 0. The maximum absolute atomic E-state index is 12.6. The van der Waals surface area contributed by atoms with Gasteiger partial charge >= 0.3 is 17.9 Å². The number of carbonyl (C=O) groups excluding carboxylic acids is 3. The van der Waals surface area contributed by atoms with Crippen LogP contribution in [0.25, 0.3) is 41.8 Å². The number of benzene rings is 3. The Balaban J connectivity index is 1.41. The van der Waals surface area contributed by atoms with Crippen molar-refractivity contribution in [2.75, 3.05) is 13.2 Å². The number of carbonyl (C=O) groups is 3. The van der Waals surface area contributed by atoms with Gasteiger partial charge in [-0.25, -0.2) is 0 Å². The molecule has 3 aromatic carbocycles. The Morgan fingerprint density at radius 2 is 1.01 bits per heavy atom. The monoisotopic (exact) mass is 984 g/mol. The molecule has 0 spiro atoms. The molecule has 0 aromatic heterocycles. The van der Waals surface area contributed by atoms with Gasteiger partial charge in [0.05, 0.1) is 56.8 Å². The molecule has 6 rings (SSSR count). The average molecular weight is 985 g/mol. The summed E-state index contributed by atoms with van der Waals surface area (Å²) in [5, 5.41) is 27.8. The Labute approximate surface area is 405 Å². The van der Waals surface area contributed by atoms with Gasteiger partial charge in [-0.2, -0.15) is 0 Å². The number of esters is 3. The van der Waals surface area contributed by atoms with Crippen molar-refractivity contribution in [1.29, 1.82) is 0 Å². The number of ether oxygens (including phenoxy) is 10. The predicted molar refractivity (Wildman–Crippen MR) is 243 cm³/mol. The molecule has 0 unspecified atom stereocenters. The van der Waals surface area contributed by atoms with Crippen molar-refractivity contribution >= 4 is 17.9 Å². The minimum absolute atomic E-state index is 0.0181. The van der Waals surface area contributed by atoms with Crippen LogP contribution in [0.4, 0.5) is 0 Å². The summed E-state index contributed by atoms with van der Waals surface area (Å²) in [5.74, 6) is -2.54. The number of aliphatic hydroxyl groups excluding tert-OH is 1. The highest BCUT2D eigenvalue weighted by atomic mass is 16.7. The topological polar surface area (TPSA) is 359 Å². The molecular formula is C45H52N12O14. The van der Waals surface area contributed by atoms with E-state index in [2.05, 4.69) is 40.1 Å². The van der Waals surface area contributed by atoms with Crippen LogP contribution < -0.4 is 0 Å². The van der Waals surface area contributed by atoms with Crippen molar-refractivity contribution in [3.8, 4) is 0 Å². The number of azide groups is 4. The predicted octanol–water partition coefficient (Wildman–Crippen LogP) is 6.50. The summed E-state index contributed by atoms with van der Waals surface area (Å²) in [5.41, 5.74) is 41.2. The first-order valence-corrected chi connectivity index (χ1v) is 22.3. The lowest BCUT2D eigenvalue weighted by atomic mass is 9.84. The smallest absolute Gasteiger partial charge is 0.303 e. The summed E-state index contributed by atoms with van der Waals surface area (Å²) < 4.78 is 61.9. The minimum Gasteiger partial charge on any atom is -0.463 e. The van der Waals surface area contributed by atoms with E-state index in [0.29, 0.717) is 0 Å². The molecule has 71 heavy (non-hydrogen) atoms. The average Bonchev–Trinajstić information content (AvgIpc) is 3.36. The molecule has 1 saturated carbocycles. The zero-order valence-electron chi connectivity index (χ0n) is 38.7. The van der Waals surface area contributed by atoms with E-state index in [-0.39, 0.29) is 32.8 Å². The second-order valence-electron chi connectivity index (χ2n) is 16.4. The van der Waals surface area contributed by atoms with Gasteiger partial charge in [-0.05, 0) is 45.2 Å². The standard InChI is InChI=1S/C45H52N12O14/c1-25(58)62-24-34-39(66-26(2)59)35(53-57-49)41(67-27(3)60)44(69-34)70-37-31(51-55-47)19-32(52-56-48)38(36(37)61)71-45-43(65-23-30-17-11-6-12-18-30)42(64-22-29-15-9-5-10-16-29)40(33(68-45)20-50-54-46)63-21-28-13-7-4-8-14-28/h4-18,31-45,61H,19-24H2,1-3H3/t31-,32+,33-,34-,35+,36-,37+,38-,39-,40-,41-,42+,43-,44+,45-/m1/s1. The highest BCUT2D eigenvalue weighted by Gasteiger charge is 2.56. The SMILES string of the molecule is CC(=O)OC[C@H]1O[C@@H](O[C@@H]2[C@@H](O)[C@H](O[C@H]3O[C@H](CN=[N+]=[N-])[C@@H](OCc4ccccc4)[C@H](OCc4ccccc4)[C@H]3OCc3ccccc3)[C@@H](N=[N+]=[N-])C[C@H]2N=[N+]=[N-])[C@H](OC(C)=O)[C@@H](N=[N+]=[N-])[C@@H]1OC(C)=O. The van der Waals surface area contributed by atoms with Crippen molar-refractivity contribution in [2.45, 2.75) is 139 Å². The van der Waals surface area contributed by atoms with E-state index in [1.165, 1.54) is 0 Å². The Morgan fingerprint density at radius 1 is 0.563 bits per heavy atom. The van der Waals surface area contributed by atoms with Crippen LogP contribution in [0.3, 0.4) is 0 Å². The fourth-order valence-electron chi connectivity index (χ4n) is 8.47. The van der Waals surface area contributed by atoms with Crippen molar-refractivity contribution in [3.05, 3.63) is 149 Å². The Kier molecular flexibility index (Phi) is 20.2. The lowest BCUT2D eigenvalue weighted by molar-refractivity contribution is -0.346. The molecule has 26 nitrogen and oxygen atoms in total. The van der Waals surface area contributed by atoms with Crippen LogP contribution in [0.2, 0.25) is 0 Å². The first-order chi connectivity index (χ1) is 34.4. The number of hydrogen-bond donors (Lipinski definition) is 1. The fraction of sp³-hybridized carbons (Fsp3) is 0.533. The molecule has 2 saturated heterocycles. The van der Waals surface area contributed by atoms with E-state index < -0.39 is 116 Å². The molecule has 3 fully saturated rings. The summed E-state index contributed by atoms with van der Waals surface area (Å²) in [4.78, 5) is 48.6. The molecule has 26 heteroatoms. The van der Waals surface area contributed by atoms with Gasteiger partial charge in [0.1, 0.15) is 49.3 Å². The van der Waals surface area contributed by atoms with Crippen molar-refractivity contribution < 1.29 is 66.9 Å². The number of nitrogens with zero attached hydrogens (tertiary/aromatic N) is 12. The van der Waals surface area contributed by atoms with Crippen LogP contribution >= 0.6 is 0 Å². The van der Waals surface area contributed by atoms with E-state index in [0.717, 1.165) is 37.5 Å². The fourth-order valence-corrected chi connectivity index (χ4v) is 8.47. The second-order valence-corrected chi connectivity index (χ2v) is 16.4. The van der Waals surface area contributed by atoms with Crippen molar-refractivity contribution in [3.63, 3.8) is 0 Å². The van der Waals surface area contributed by atoms with Crippen LogP contribution in [0.1, 0.15) is 43.9 Å². The molecule has 2 aliphatic heterocycles. The molecule has 1 aliphatic carbocycles. The maximum atomic E-state index is 12.6. The van der Waals surface area contributed by atoms with Crippen LogP contribution in [0, 0.1) is 0 Å². The lowest BCUT2D eigenvalue weighted by Gasteiger charge is -2.50. The van der Waals surface area contributed by atoms with Crippen LogP contribution in [0.15, 0.2) is 111 Å². The maximum Gasteiger partial charge on any atom is 0.303 e. The van der Waals surface area contributed by atoms with E-state index >= 15 is 0 Å². The summed E-state index contributed by atoms with van der Waals surface area (Å²) in [6.45, 7) is 2.42. The van der Waals surface area contributed by atoms with E-state index in [4.69, 9.17) is 47.4 Å². The van der Waals surface area contributed by atoms with E-state index in [9.17, 15) is 41.6 Å². The summed E-state index contributed by atoms with van der Waals surface area (Å²) >= 11 is 0. The van der Waals surface area contributed by atoms with Crippen LogP contribution in [0.5, 0.6) is 0 Å². The van der Waals surface area contributed by atoms with Crippen molar-refractivity contribution in [1.82, 2.24) is 0 Å². The molecule has 3 aliphatic rings. The van der Waals surface area contributed by atoms with Gasteiger partial charge in [0, 0.05) is 40.4 Å². The molecular weight excluding hydrogens is 933 g/mol. The third-order valence-corrected chi connectivity index (χ3v) is 11.5. The lowest BCUT2D eigenvalue weighted by Crippen LogP contribution is -2.66. The van der Waals surface area contributed by atoms with Crippen molar-refractivity contribution in [2.24, 2.45) is 20.5 Å². The van der Waals surface area contributed by atoms with Gasteiger partial charge in [-0.1, -0.05) is 111 Å². The van der Waals surface area contributed by atoms with Gasteiger partial charge in [-0.15, -0.1) is 0 Å². The zero-order chi connectivity index (χ0) is 50.7. The molecule has 0 amide bonds. The van der Waals surface area contributed by atoms with Crippen LogP contribution in [-0.2, 0) is 81.6 Å². The second kappa shape index (κ2) is 26.8. The number of rotatable bonds is 22. The normalized spacial score (nSPS) is 30.1. The third-order valence-electron chi connectivity index (χ3n) is 11.5. The molecule has 0 radical (unpaired) electrons. The first-order valence-electron chi connectivity index (χ1n) is 22.3. The molecule has 1 N–H and O–H groups in total.